The molecule has 0 saturated carbocycles. The van der Waals surface area contributed by atoms with Crippen LogP contribution >= 0.6 is 11.6 Å². The summed E-state index contributed by atoms with van der Waals surface area (Å²) in [4.78, 5) is 18.2. The minimum Gasteiger partial charge on any atom is -0.351 e. The summed E-state index contributed by atoms with van der Waals surface area (Å²) < 4.78 is 0. The van der Waals surface area contributed by atoms with Gasteiger partial charge in [0.2, 0.25) is 0 Å². The zero-order valence-corrected chi connectivity index (χ0v) is 11.6. The summed E-state index contributed by atoms with van der Waals surface area (Å²) in [5.41, 5.74) is 0.409. The summed E-state index contributed by atoms with van der Waals surface area (Å²) in [7, 11) is 0. The first kappa shape index (κ1) is 14.2. The standard InChI is InChI=1S/C13H19ClN4O/c14-11-2-3-12(17-10-11)13(19)16-4-1-7-18-8-5-15-6-9-18/h2-3,10,15H,1,4-9H2,(H,16,19). The lowest BCUT2D eigenvalue weighted by Crippen LogP contribution is -2.44. The van der Waals surface area contributed by atoms with E-state index in [-0.39, 0.29) is 5.91 Å². The fourth-order valence-electron chi connectivity index (χ4n) is 2.04. The highest BCUT2D eigenvalue weighted by atomic mass is 35.5. The molecule has 1 saturated heterocycles. The second-order valence-corrected chi connectivity index (χ2v) is 5.00. The molecule has 0 spiro atoms. The Morgan fingerprint density at radius 2 is 2.21 bits per heavy atom. The van der Waals surface area contributed by atoms with E-state index >= 15 is 0 Å². The lowest BCUT2D eigenvalue weighted by atomic mass is 10.3. The van der Waals surface area contributed by atoms with Crippen LogP contribution in [0.2, 0.25) is 5.02 Å². The van der Waals surface area contributed by atoms with E-state index in [1.54, 1.807) is 12.1 Å². The van der Waals surface area contributed by atoms with Crippen LogP contribution in [0.15, 0.2) is 18.3 Å². The van der Waals surface area contributed by atoms with Crippen molar-refractivity contribution in [2.24, 2.45) is 0 Å². The maximum atomic E-state index is 11.8. The highest BCUT2D eigenvalue weighted by molar-refractivity contribution is 6.30. The number of pyridine rings is 1. The second kappa shape index (κ2) is 7.43. The lowest BCUT2D eigenvalue weighted by molar-refractivity contribution is 0.0946. The maximum Gasteiger partial charge on any atom is 0.269 e. The summed E-state index contributed by atoms with van der Waals surface area (Å²) in [6.07, 6.45) is 2.44. The highest BCUT2D eigenvalue weighted by Crippen LogP contribution is 2.05. The topological polar surface area (TPSA) is 57.3 Å². The maximum absolute atomic E-state index is 11.8. The van der Waals surface area contributed by atoms with Crippen molar-refractivity contribution in [3.8, 4) is 0 Å². The largest absolute Gasteiger partial charge is 0.351 e. The van der Waals surface area contributed by atoms with Crippen molar-refractivity contribution in [3.05, 3.63) is 29.0 Å². The molecule has 19 heavy (non-hydrogen) atoms. The summed E-state index contributed by atoms with van der Waals surface area (Å²) in [6.45, 7) is 5.99. The number of amides is 1. The Morgan fingerprint density at radius 1 is 1.42 bits per heavy atom. The first-order valence-corrected chi connectivity index (χ1v) is 6.96. The van der Waals surface area contributed by atoms with Crippen molar-refractivity contribution >= 4 is 17.5 Å². The van der Waals surface area contributed by atoms with Crippen molar-refractivity contribution in [1.29, 1.82) is 0 Å². The van der Waals surface area contributed by atoms with E-state index in [1.165, 1.54) is 6.20 Å². The van der Waals surface area contributed by atoms with Crippen LogP contribution in [0.1, 0.15) is 16.9 Å². The Bertz CT molecular complexity index is 404. The number of piperazine rings is 1. The van der Waals surface area contributed by atoms with Crippen LogP contribution in [0, 0.1) is 0 Å². The number of rotatable bonds is 5. The predicted octanol–water partition coefficient (Wildman–Crippen LogP) is 0.760. The molecule has 1 amide bonds. The Labute approximate surface area is 118 Å². The van der Waals surface area contributed by atoms with E-state index < -0.39 is 0 Å². The van der Waals surface area contributed by atoms with Gasteiger partial charge in [0.25, 0.3) is 5.91 Å². The van der Waals surface area contributed by atoms with Crippen LogP contribution in [-0.2, 0) is 0 Å². The van der Waals surface area contributed by atoms with E-state index in [1.807, 2.05) is 0 Å². The zero-order chi connectivity index (χ0) is 13.5. The van der Waals surface area contributed by atoms with Crippen LogP contribution in [0.4, 0.5) is 0 Å². The molecule has 1 fully saturated rings. The number of nitrogens with zero attached hydrogens (tertiary/aromatic N) is 2. The molecule has 0 bridgehead atoms. The summed E-state index contributed by atoms with van der Waals surface area (Å²) in [6, 6.07) is 3.30. The average Bonchev–Trinajstić information content (AvgIpc) is 2.45. The highest BCUT2D eigenvalue weighted by Gasteiger charge is 2.09. The smallest absolute Gasteiger partial charge is 0.269 e. The number of carbonyl (C=O) groups excluding carboxylic acids is 1. The van der Waals surface area contributed by atoms with Crippen molar-refractivity contribution in [3.63, 3.8) is 0 Å². The molecule has 5 nitrogen and oxygen atoms in total. The number of hydrogen-bond donors (Lipinski definition) is 2. The van der Waals surface area contributed by atoms with Gasteiger partial charge in [0, 0.05) is 38.9 Å². The SMILES string of the molecule is O=C(NCCCN1CCNCC1)c1ccc(Cl)cn1. The van der Waals surface area contributed by atoms with Crippen LogP contribution < -0.4 is 10.6 Å². The normalized spacial score (nSPS) is 16.3. The molecular weight excluding hydrogens is 264 g/mol. The molecule has 1 aromatic heterocycles. The Kier molecular flexibility index (Phi) is 5.57. The fraction of sp³-hybridized carbons (Fsp3) is 0.538. The van der Waals surface area contributed by atoms with Gasteiger partial charge < -0.3 is 15.5 Å². The number of aromatic nitrogens is 1. The number of halogens is 1. The molecule has 6 heteroatoms. The van der Waals surface area contributed by atoms with E-state index in [0.29, 0.717) is 17.3 Å². The second-order valence-electron chi connectivity index (χ2n) is 4.56. The summed E-state index contributed by atoms with van der Waals surface area (Å²) in [5.74, 6) is -0.142. The van der Waals surface area contributed by atoms with Crippen LogP contribution in [0.25, 0.3) is 0 Å². The number of carbonyl (C=O) groups is 1. The molecule has 1 aromatic rings. The minimum absolute atomic E-state index is 0.142. The molecule has 0 atom stereocenters. The Balaban J connectivity index is 1.64. The van der Waals surface area contributed by atoms with Gasteiger partial charge in [0.1, 0.15) is 5.69 Å². The van der Waals surface area contributed by atoms with Gasteiger partial charge in [0.05, 0.1) is 5.02 Å². The number of hydrogen-bond acceptors (Lipinski definition) is 4. The molecule has 0 radical (unpaired) electrons. The van der Waals surface area contributed by atoms with Gasteiger partial charge in [-0.2, -0.15) is 0 Å². The van der Waals surface area contributed by atoms with Gasteiger partial charge in [-0.3, -0.25) is 4.79 Å². The molecule has 0 aliphatic carbocycles. The third-order valence-corrected chi connectivity index (χ3v) is 3.33. The Morgan fingerprint density at radius 3 is 2.89 bits per heavy atom. The third-order valence-electron chi connectivity index (χ3n) is 3.11. The summed E-state index contributed by atoms with van der Waals surface area (Å²) >= 11 is 5.72. The number of nitrogens with one attached hydrogen (secondary N) is 2. The van der Waals surface area contributed by atoms with Crippen molar-refractivity contribution in [2.45, 2.75) is 6.42 Å². The molecule has 2 rings (SSSR count). The van der Waals surface area contributed by atoms with Crippen LogP contribution in [-0.4, -0.2) is 55.1 Å². The molecule has 104 valence electrons. The van der Waals surface area contributed by atoms with Crippen molar-refractivity contribution in [1.82, 2.24) is 20.5 Å². The molecular formula is C13H19ClN4O. The zero-order valence-electron chi connectivity index (χ0n) is 10.9. The van der Waals surface area contributed by atoms with E-state index in [0.717, 1.165) is 39.1 Å². The third kappa shape index (κ3) is 4.78. The van der Waals surface area contributed by atoms with Crippen LogP contribution in [0.3, 0.4) is 0 Å². The van der Waals surface area contributed by atoms with Crippen molar-refractivity contribution < 1.29 is 4.79 Å². The van der Waals surface area contributed by atoms with E-state index in [2.05, 4.69) is 20.5 Å². The first-order valence-electron chi connectivity index (χ1n) is 6.58. The van der Waals surface area contributed by atoms with Gasteiger partial charge in [-0.15, -0.1) is 0 Å². The molecule has 2 N–H and O–H groups in total. The molecule has 1 aliphatic heterocycles. The summed E-state index contributed by atoms with van der Waals surface area (Å²) in [5, 5.41) is 6.73. The minimum atomic E-state index is -0.142. The molecule has 2 heterocycles. The lowest BCUT2D eigenvalue weighted by Gasteiger charge is -2.27. The molecule has 1 aliphatic rings. The van der Waals surface area contributed by atoms with E-state index in [4.69, 9.17) is 11.6 Å². The van der Waals surface area contributed by atoms with E-state index in [9.17, 15) is 4.79 Å². The first-order chi connectivity index (χ1) is 9.25. The fourth-order valence-corrected chi connectivity index (χ4v) is 2.15. The van der Waals surface area contributed by atoms with Gasteiger partial charge in [-0.1, -0.05) is 11.6 Å². The van der Waals surface area contributed by atoms with Crippen molar-refractivity contribution in [2.75, 3.05) is 39.3 Å². The molecule has 0 aromatic carbocycles. The Hall–Kier alpha value is -1.17. The predicted molar refractivity (Wildman–Crippen MR) is 75.5 cm³/mol. The van der Waals surface area contributed by atoms with Gasteiger partial charge in [0.15, 0.2) is 0 Å². The average molecular weight is 283 g/mol. The molecule has 0 unspecified atom stereocenters. The quantitative estimate of drug-likeness (QED) is 0.783. The monoisotopic (exact) mass is 282 g/mol. The van der Waals surface area contributed by atoms with Gasteiger partial charge in [-0.25, -0.2) is 4.98 Å². The van der Waals surface area contributed by atoms with Crippen LogP contribution in [0.5, 0.6) is 0 Å². The van der Waals surface area contributed by atoms with Gasteiger partial charge >= 0.3 is 0 Å². The van der Waals surface area contributed by atoms with Gasteiger partial charge in [-0.05, 0) is 25.1 Å².